The summed E-state index contributed by atoms with van der Waals surface area (Å²) in [6.45, 7) is 8.85. The summed E-state index contributed by atoms with van der Waals surface area (Å²) in [5.41, 5.74) is 5.11. The summed E-state index contributed by atoms with van der Waals surface area (Å²) in [5, 5.41) is 12.3. The van der Waals surface area contributed by atoms with Crippen molar-refractivity contribution in [2.24, 2.45) is 0 Å². The van der Waals surface area contributed by atoms with Crippen molar-refractivity contribution >= 4 is 28.4 Å². The molecule has 0 bridgehead atoms. The first-order valence-electron chi connectivity index (χ1n) is 14.6. The molecule has 9 heteroatoms. The van der Waals surface area contributed by atoms with Gasteiger partial charge in [-0.05, 0) is 48.5 Å². The van der Waals surface area contributed by atoms with Gasteiger partial charge < -0.3 is 19.6 Å². The van der Waals surface area contributed by atoms with Crippen LogP contribution >= 0.6 is 0 Å². The highest BCUT2D eigenvalue weighted by atomic mass is 16.2. The zero-order valence-electron chi connectivity index (χ0n) is 23.8. The van der Waals surface area contributed by atoms with E-state index in [2.05, 4.69) is 82.7 Å². The highest BCUT2D eigenvalue weighted by Crippen LogP contribution is 2.44. The average Bonchev–Trinajstić information content (AvgIpc) is 3.54. The van der Waals surface area contributed by atoms with Gasteiger partial charge in [-0.2, -0.15) is 10.2 Å². The molecule has 3 aliphatic heterocycles. The Morgan fingerprint density at radius 2 is 1.90 bits per heavy atom. The molecule has 4 aliphatic rings. The summed E-state index contributed by atoms with van der Waals surface area (Å²) in [7, 11) is 4.24. The first-order chi connectivity index (χ1) is 19.9. The first-order valence-corrected chi connectivity index (χ1v) is 14.6. The number of nitrogens with zero attached hydrogens (tertiary/aromatic N) is 8. The largest absolute Gasteiger partial charge is 0.352 e. The Morgan fingerprint density at radius 1 is 1.10 bits per heavy atom. The van der Waals surface area contributed by atoms with E-state index in [4.69, 9.17) is 9.97 Å². The third-order valence-electron chi connectivity index (χ3n) is 9.45. The molecule has 9 nitrogen and oxygen atoms in total. The molecule has 0 radical (unpaired) electrons. The molecule has 0 spiro atoms. The van der Waals surface area contributed by atoms with Crippen LogP contribution < -0.4 is 9.80 Å². The number of likely N-dealkylation sites (N-methyl/N-ethyl adjacent to an activating group) is 1. The second-order valence-electron chi connectivity index (χ2n) is 12.0. The summed E-state index contributed by atoms with van der Waals surface area (Å²) >= 11 is 0. The van der Waals surface area contributed by atoms with Gasteiger partial charge in [-0.1, -0.05) is 43.0 Å². The molecule has 1 amide bonds. The van der Waals surface area contributed by atoms with Gasteiger partial charge in [0, 0.05) is 63.5 Å². The van der Waals surface area contributed by atoms with Crippen LogP contribution in [0.5, 0.6) is 0 Å². The number of benzene rings is 2. The van der Waals surface area contributed by atoms with E-state index in [-0.39, 0.29) is 18.4 Å². The quantitative estimate of drug-likeness (QED) is 0.435. The topological polar surface area (TPSA) is 82.8 Å². The minimum absolute atomic E-state index is 0.116. The normalized spacial score (nSPS) is 22.2. The van der Waals surface area contributed by atoms with Crippen molar-refractivity contribution in [2.45, 2.75) is 44.1 Å². The molecule has 1 aliphatic carbocycles. The summed E-state index contributed by atoms with van der Waals surface area (Å²) in [5.74, 6) is 1.63. The van der Waals surface area contributed by atoms with E-state index in [1.54, 1.807) is 4.90 Å². The van der Waals surface area contributed by atoms with Crippen LogP contribution in [0.2, 0.25) is 0 Å². The zero-order chi connectivity index (χ0) is 28.2. The van der Waals surface area contributed by atoms with Crippen molar-refractivity contribution in [1.82, 2.24) is 24.7 Å². The Kier molecular flexibility index (Phi) is 6.40. The standard InChI is InChI=1S/C32H36N8O/c1-4-29(41)40-14-13-37(16-23(40)11-12-33)31-26-19-38(20-27(26)34-32(35-31)39-17-24(18-39)36(2)3)28-15-22-9-5-7-21-8-6-10-25(28)30(21)22/h4-10,23-24,28H,1,11,13-20H2,2-3H3/t23?,28-/m0/s1. The van der Waals surface area contributed by atoms with Crippen molar-refractivity contribution in [2.75, 3.05) is 56.6 Å². The Bertz CT molecular complexity index is 1570. The van der Waals surface area contributed by atoms with Gasteiger partial charge in [-0.25, -0.2) is 4.98 Å². The number of piperazine rings is 1. The van der Waals surface area contributed by atoms with Crippen LogP contribution in [0.3, 0.4) is 0 Å². The van der Waals surface area contributed by atoms with Crippen molar-refractivity contribution in [3.8, 4) is 6.07 Å². The summed E-state index contributed by atoms with van der Waals surface area (Å²) < 4.78 is 0. The molecule has 4 heterocycles. The van der Waals surface area contributed by atoms with Gasteiger partial charge in [0.2, 0.25) is 11.9 Å². The molecule has 1 aromatic heterocycles. The van der Waals surface area contributed by atoms with E-state index >= 15 is 0 Å². The Labute approximate surface area is 241 Å². The van der Waals surface area contributed by atoms with Crippen LogP contribution in [-0.2, 0) is 24.3 Å². The second kappa shape index (κ2) is 10.1. The summed E-state index contributed by atoms with van der Waals surface area (Å²) in [6.07, 6.45) is 2.64. The number of aromatic nitrogens is 2. The lowest BCUT2D eigenvalue weighted by molar-refractivity contribution is -0.128. The smallest absolute Gasteiger partial charge is 0.246 e. The predicted octanol–water partition coefficient (Wildman–Crippen LogP) is 3.11. The van der Waals surface area contributed by atoms with Gasteiger partial charge >= 0.3 is 0 Å². The fraction of sp³-hybridized carbons (Fsp3) is 0.438. The van der Waals surface area contributed by atoms with E-state index in [1.807, 2.05) is 0 Å². The van der Waals surface area contributed by atoms with Gasteiger partial charge in [0.05, 0.1) is 24.2 Å². The molecule has 2 saturated heterocycles. The number of fused-ring (bicyclic) bond motifs is 1. The number of hydrogen-bond acceptors (Lipinski definition) is 8. The summed E-state index contributed by atoms with van der Waals surface area (Å²) in [4.78, 5) is 34.1. The fourth-order valence-electron chi connectivity index (χ4n) is 7.09. The molecule has 0 N–H and O–H groups in total. The van der Waals surface area contributed by atoms with Gasteiger partial charge in [0.15, 0.2) is 0 Å². The number of rotatable bonds is 6. The minimum Gasteiger partial charge on any atom is -0.352 e. The SMILES string of the molecule is C=CC(=O)N1CCN(c2nc(N3CC(N(C)C)C3)nc3c2CN([C@H]2Cc4cccc5cccc2c45)C3)CC1CC#N. The number of nitriles is 1. The van der Waals surface area contributed by atoms with Crippen molar-refractivity contribution in [3.05, 3.63) is 71.4 Å². The number of amides is 1. The summed E-state index contributed by atoms with van der Waals surface area (Å²) in [6, 6.07) is 16.2. The highest BCUT2D eigenvalue weighted by Gasteiger charge is 2.39. The van der Waals surface area contributed by atoms with Gasteiger partial charge in [0.1, 0.15) is 5.82 Å². The van der Waals surface area contributed by atoms with E-state index in [1.165, 1.54) is 33.5 Å². The van der Waals surface area contributed by atoms with Crippen molar-refractivity contribution in [3.63, 3.8) is 0 Å². The molecule has 3 aromatic rings. The number of carbonyl (C=O) groups excluding carboxylic acids is 1. The van der Waals surface area contributed by atoms with Crippen LogP contribution in [0.25, 0.3) is 10.8 Å². The lowest BCUT2D eigenvalue weighted by Gasteiger charge is -2.44. The molecule has 2 aromatic carbocycles. The van der Waals surface area contributed by atoms with Crippen LogP contribution in [0, 0.1) is 11.3 Å². The van der Waals surface area contributed by atoms with E-state index in [0.29, 0.717) is 31.7 Å². The lowest BCUT2D eigenvalue weighted by Crippen LogP contribution is -2.58. The van der Waals surface area contributed by atoms with Crippen LogP contribution in [-0.4, -0.2) is 89.5 Å². The maximum atomic E-state index is 12.6. The lowest BCUT2D eigenvalue weighted by atomic mass is 10.0. The third kappa shape index (κ3) is 4.33. The van der Waals surface area contributed by atoms with Crippen LogP contribution in [0.4, 0.5) is 11.8 Å². The maximum absolute atomic E-state index is 12.6. The van der Waals surface area contributed by atoms with E-state index < -0.39 is 0 Å². The van der Waals surface area contributed by atoms with Crippen LogP contribution in [0.1, 0.15) is 34.8 Å². The monoisotopic (exact) mass is 548 g/mol. The first kappa shape index (κ1) is 25.9. The van der Waals surface area contributed by atoms with Gasteiger partial charge in [-0.3, -0.25) is 9.69 Å². The molecule has 210 valence electrons. The van der Waals surface area contributed by atoms with Gasteiger partial charge in [0.25, 0.3) is 0 Å². The average molecular weight is 549 g/mol. The number of hydrogen-bond donors (Lipinski definition) is 0. The van der Waals surface area contributed by atoms with Gasteiger partial charge in [-0.15, -0.1) is 0 Å². The molecule has 1 unspecified atom stereocenters. The Balaban J connectivity index is 1.22. The predicted molar refractivity (Wildman–Crippen MR) is 160 cm³/mol. The molecule has 2 fully saturated rings. The number of carbonyl (C=O) groups is 1. The number of anilines is 2. The molecule has 7 rings (SSSR count). The Hall–Kier alpha value is -4.00. The van der Waals surface area contributed by atoms with Crippen LogP contribution in [0.15, 0.2) is 49.1 Å². The molecule has 41 heavy (non-hydrogen) atoms. The minimum atomic E-state index is -0.199. The van der Waals surface area contributed by atoms with E-state index in [0.717, 1.165) is 50.1 Å². The maximum Gasteiger partial charge on any atom is 0.246 e. The van der Waals surface area contributed by atoms with E-state index in [9.17, 15) is 10.1 Å². The molecule has 0 saturated carbocycles. The molecule has 2 atom stereocenters. The second-order valence-corrected chi connectivity index (χ2v) is 12.0. The molecular formula is C32H36N8O. The Morgan fingerprint density at radius 3 is 2.66 bits per heavy atom. The van der Waals surface area contributed by atoms with Crippen molar-refractivity contribution < 1.29 is 4.79 Å². The highest BCUT2D eigenvalue weighted by molar-refractivity contribution is 5.91. The molecular weight excluding hydrogens is 512 g/mol. The van der Waals surface area contributed by atoms with Crippen molar-refractivity contribution in [1.29, 1.82) is 5.26 Å². The zero-order valence-corrected chi connectivity index (χ0v) is 23.8. The third-order valence-corrected chi connectivity index (χ3v) is 9.45. The fourth-order valence-corrected chi connectivity index (χ4v) is 7.09.